The highest BCUT2D eigenvalue weighted by Gasteiger charge is 2.18. The van der Waals surface area contributed by atoms with Crippen LogP contribution in [0, 0.1) is 0 Å². The minimum atomic E-state index is 0.214. The van der Waals surface area contributed by atoms with Crippen molar-refractivity contribution in [2.24, 2.45) is 0 Å². The average Bonchev–Trinajstić information content (AvgIpc) is 2.45. The van der Waals surface area contributed by atoms with Gasteiger partial charge in [0.25, 0.3) is 0 Å². The van der Waals surface area contributed by atoms with Crippen molar-refractivity contribution in [1.82, 2.24) is 10.3 Å². The van der Waals surface area contributed by atoms with Gasteiger partial charge in [-0.3, -0.25) is 4.98 Å². The number of methoxy groups -OCH3 is 1. The van der Waals surface area contributed by atoms with E-state index in [-0.39, 0.29) is 5.92 Å². The van der Waals surface area contributed by atoms with Gasteiger partial charge in [0.05, 0.1) is 7.11 Å². The SMILES string of the molecule is CNCC(c1cccnc1)c1cc(Br)ccc1OC. The summed E-state index contributed by atoms with van der Waals surface area (Å²) < 4.78 is 6.53. The number of rotatable bonds is 5. The number of benzene rings is 1. The molecule has 0 aliphatic heterocycles. The molecule has 0 bridgehead atoms. The third-order valence-electron chi connectivity index (χ3n) is 3.06. The Morgan fingerprint density at radius 1 is 1.37 bits per heavy atom. The zero-order valence-corrected chi connectivity index (χ0v) is 12.6. The molecule has 0 amide bonds. The largest absolute Gasteiger partial charge is 0.496 e. The van der Waals surface area contributed by atoms with Gasteiger partial charge in [0.2, 0.25) is 0 Å². The Balaban J connectivity index is 2.47. The fourth-order valence-electron chi connectivity index (χ4n) is 2.17. The minimum Gasteiger partial charge on any atom is -0.496 e. The van der Waals surface area contributed by atoms with E-state index in [1.165, 1.54) is 5.56 Å². The Morgan fingerprint density at radius 2 is 2.21 bits per heavy atom. The number of halogens is 1. The second-order valence-electron chi connectivity index (χ2n) is 4.28. The van der Waals surface area contributed by atoms with Gasteiger partial charge in [-0.1, -0.05) is 22.0 Å². The van der Waals surface area contributed by atoms with E-state index < -0.39 is 0 Å². The van der Waals surface area contributed by atoms with Gasteiger partial charge < -0.3 is 10.1 Å². The number of nitrogens with zero attached hydrogens (tertiary/aromatic N) is 1. The van der Waals surface area contributed by atoms with Crippen LogP contribution in [0.1, 0.15) is 17.0 Å². The predicted molar refractivity (Wildman–Crippen MR) is 80.7 cm³/mol. The first-order chi connectivity index (χ1) is 9.26. The highest BCUT2D eigenvalue weighted by molar-refractivity contribution is 9.10. The third-order valence-corrected chi connectivity index (χ3v) is 3.56. The molecular formula is C15H17BrN2O. The molecule has 1 aromatic heterocycles. The predicted octanol–water partition coefficient (Wildman–Crippen LogP) is 3.20. The number of pyridine rings is 1. The van der Waals surface area contributed by atoms with E-state index in [1.807, 2.05) is 31.4 Å². The first kappa shape index (κ1) is 14.0. The Kier molecular flexibility index (Phi) is 4.93. The van der Waals surface area contributed by atoms with Crippen LogP contribution in [0.5, 0.6) is 5.75 Å². The molecule has 0 fully saturated rings. The highest BCUT2D eigenvalue weighted by atomic mass is 79.9. The molecule has 1 aromatic carbocycles. The van der Waals surface area contributed by atoms with Crippen LogP contribution < -0.4 is 10.1 Å². The summed E-state index contributed by atoms with van der Waals surface area (Å²) in [5.41, 5.74) is 2.33. The topological polar surface area (TPSA) is 34.2 Å². The quantitative estimate of drug-likeness (QED) is 0.918. The fourth-order valence-corrected chi connectivity index (χ4v) is 2.55. The maximum absolute atomic E-state index is 5.48. The van der Waals surface area contributed by atoms with Crippen LogP contribution in [-0.4, -0.2) is 25.7 Å². The lowest BCUT2D eigenvalue weighted by molar-refractivity contribution is 0.407. The molecule has 0 saturated carbocycles. The van der Waals surface area contributed by atoms with Gasteiger partial charge in [0.1, 0.15) is 5.75 Å². The van der Waals surface area contributed by atoms with Crippen molar-refractivity contribution in [3.05, 3.63) is 58.3 Å². The number of aromatic nitrogens is 1. The van der Waals surface area contributed by atoms with Crippen LogP contribution in [0.4, 0.5) is 0 Å². The average molecular weight is 321 g/mol. The molecule has 3 nitrogen and oxygen atoms in total. The molecule has 100 valence electrons. The molecule has 2 aromatic rings. The van der Waals surface area contributed by atoms with E-state index in [0.29, 0.717) is 0 Å². The molecule has 1 unspecified atom stereocenters. The van der Waals surface area contributed by atoms with Crippen LogP contribution in [0.3, 0.4) is 0 Å². The Morgan fingerprint density at radius 3 is 2.84 bits per heavy atom. The lowest BCUT2D eigenvalue weighted by Gasteiger charge is -2.20. The number of likely N-dealkylation sites (N-methyl/N-ethyl adjacent to an activating group) is 1. The van der Waals surface area contributed by atoms with Crippen LogP contribution in [0.15, 0.2) is 47.2 Å². The first-order valence-corrected chi connectivity index (χ1v) is 6.93. The summed E-state index contributed by atoms with van der Waals surface area (Å²) in [4.78, 5) is 4.21. The smallest absolute Gasteiger partial charge is 0.122 e. The lowest BCUT2D eigenvalue weighted by Crippen LogP contribution is -2.19. The summed E-state index contributed by atoms with van der Waals surface area (Å²) in [6.45, 7) is 0.832. The van der Waals surface area contributed by atoms with Crippen LogP contribution in [-0.2, 0) is 0 Å². The van der Waals surface area contributed by atoms with Gasteiger partial charge in [0, 0.05) is 34.9 Å². The lowest BCUT2D eigenvalue weighted by atomic mass is 9.91. The second kappa shape index (κ2) is 6.68. The molecule has 1 atom stereocenters. The summed E-state index contributed by atoms with van der Waals surface area (Å²) in [7, 11) is 3.65. The van der Waals surface area contributed by atoms with E-state index >= 15 is 0 Å². The summed E-state index contributed by atoms with van der Waals surface area (Å²) in [5.74, 6) is 1.11. The van der Waals surface area contributed by atoms with E-state index in [0.717, 1.165) is 22.3 Å². The van der Waals surface area contributed by atoms with Crippen molar-refractivity contribution in [2.75, 3.05) is 20.7 Å². The van der Waals surface area contributed by atoms with Crippen molar-refractivity contribution in [1.29, 1.82) is 0 Å². The molecule has 0 aliphatic rings. The molecular weight excluding hydrogens is 304 g/mol. The third kappa shape index (κ3) is 3.33. The molecule has 0 radical (unpaired) electrons. The molecule has 1 heterocycles. The zero-order valence-electron chi connectivity index (χ0n) is 11.1. The van der Waals surface area contributed by atoms with Crippen molar-refractivity contribution < 1.29 is 4.74 Å². The van der Waals surface area contributed by atoms with Gasteiger partial charge >= 0.3 is 0 Å². The second-order valence-corrected chi connectivity index (χ2v) is 5.20. The normalized spacial score (nSPS) is 12.2. The maximum atomic E-state index is 5.48. The molecule has 0 spiro atoms. The number of nitrogens with one attached hydrogen (secondary N) is 1. The van der Waals surface area contributed by atoms with E-state index in [2.05, 4.69) is 38.4 Å². The van der Waals surface area contributed by atoms with Gasteiger partial charge in [-0.15, -0.1) is 0 Å². The Labute approximate surface area is 122 Å². The summed E-state index contributed by atoms with van der Waals surface area (Å²) in [6.07, 6.45) is 3.69. The van der Waals surface area contributed by atoms with Crippen molar-refractivity contribution >= 4 is 15.9 Å². The molecule has 19 heavy (non-hydrogen) atoms. The van der Waals surface area contributed by atoms with Crippen LogP contribution in [0.25, 0.3) is 0 Å². The van der Waals surface area contributed by atoms with Crippen molar-refractivity contribution in [2.45, 2.75) is 5.92 Å². The molecule has 0 aliphatic carbocycles. The zero-order chi connectivity index (χ0) is 13.7. The summed E-state index contributed by atoms with van der Waals surface area (Å²) >= 11 is 3.53. The molecule has 4 heteroatoms. The van der Waals surface area contributed by atoms with E-state index in [1.54, 1.807) is 13.3 Å². The molecule has 1 N–H and O–H groups in total. The van der Waals surface area contributed by atoms with Gasteiger partial charge in [-0.05, 0) is 36.9 Å². The van der Waals surface area contributed by atoms with Gasteiger partial charge in [-0.2, -0.15) is 0 Å². The molecule has 2 rings (SSSR count). The molecule has 0 saturated heterocycles. The monoisotopic (exact) mass is 320 g/mol. The maximum Gasteiger partial charge on any atom is 0.122 e. The fraction of sp³-hybridized carbons (Fsp3) is 0.267. The van der Waals surface area contributed by atoms with Crippen LogP contribution in [0.2, 0.25) is 0 Å². The Bertz CT molecular complexity index is 531. The Hall–Kier alpha value is -1.39. The summed E-state index contributed by atoms with van der Waals surface area (Å²) in [5, 5.41) is 3.24. The van der Waals surface area contributed by atoms with Crippen molar-refractivity contribution in [3.63, 3.8) is 0 Å². The number of hydrogen-bond acceptors (Lipinski definition) is 3. The van der Waals surface area contributed by atoms with Gasteiger partial charge in [0.15, 0.2) is 0 Å². The standard InChI is InChI=1S/C15H17BrN2O/c1-17-10-14(11-4-3-7-18-9-11)13-8-12(16)5-6-15(13)19-2/h3-9,14,17H,10H2,1-2H3. The van der Waals surface area contributed by atoms with Crippen LogP contribution >= 0.6 is 15.9 Å². The summed E-state index contributed by atoms with van der Waals surface area (Å²) in [6, 6.07) is 10.1. The number of hydrogen-bond donors (Lipinski definition) is 1. The van der Waals surface area contributed by atoms with E-state index in [9.17, 15) is 0 Å². The van der Waals surface area contributed by atoms with E-state index in [4.69, 9.17) is 4.74 Å². The first-order valence-electron chi connectivity index (χ1n) is 6.14. The number of ether oxygens (including phenoxy) is 1. The van der Waals surface area contributed by atoms with Gasteiger partial charge in [-0.25, -0.2) is 0 Å². The minimum absolute atomic E-state index is 0.214. The van der Waals surface area contributed by atoms with Crippen molar-refractivity contribution in [3.8, 4) is 5.75 Å². The highest BCUT2D eigenvalue weighted by Crippen LogP contribution is 2.33.